The third kappa shape index (κ3) is 2.91. The van der Waals surface area contributed by atoms with E-state index in [1.165, 1.54) is 0 Å². The van der Waals surface area contributed by atoms with Gasteiger partial charge in [-0.25, -0.2) is 4.98 Å². The second-order valence-corrected chi connectivity index (χ2v) is 5.85. The highest BCUT2D eigenvalue weighted by atomic mass is 35.5. The number of rotatable bonds is 5. The van der Waals surface area contributed by atoms with Gasteiger partial charge in [0.1, 0.15) is 5.01 Å². The van der Waals surface area contributed by atoms with E-state index in [1.54, 1.807) is 25.6 Å². The number of nitrogens with zero attached hydrogens (tertiary/aromatic N) is 1. The Kier molecular flexibility index (Phi) is 4.89. The highest BCUT2D eigenvalue weighted by Gasteiger charge is 2.15. The average Bonchev–Trinajstić information content (AvgIpc) is 2.95. The maximum atomic E-state index is 6.23. The molecule has 0 N–H and O–H groups in total. The Labute approximate surface area is 128 Å². The molecule has 3 nitrogen and oxygen atoms in total. The molecule has 20 heavy (non-hydrogen) atoms. The maximum absolute atomic E-state index is 6.23. The van der Waals surface area contributed by atoms with Crippen LogP contribution >= 0.6 is 22.9 Å². The normalized spacial score (nSPS) is 12.2. The monoisotopic (exact) mass is 311 g/mol. The molecule has 0 amide bonds. The minimum Gasteiger partial charge on any atom is -0.493 e. The van der Waals surface area contributed by atoms with E-state index in [2.05, 4.69) is 24.2 Å². The van der Waals surface area contributed by atoms with Gasteiger partial charge in [0.2, 0.25) is 0 Å². The van der Waals surface area contributed by atoms with E-state index in [0.29, 0.717) is 22.4 Å². The lowest BCUT2D eigenvalue weighted by atomic mass is 10.1. The van der Waals surface area contributed by atoms with E-state index in [-0.39, 0.29) is 0 Å². The summed E-state index contributed by atoms with van der Waals surface area (Å²) >= 11 is 7.85. The fraction of sp³-hybridized carbons (Fsp3) is 0.400. The molecule has 1 aromatic carbocycles. The summed E-state index contributed by atoms with van der Waals surface area (Å²) in [4.78, 5) is 4.69. The lowest BCUT2D eigenvalue weighted by Crippen LogP contribution is -1.93. The van der Waals surface area contributed by atoms with Gasteiger partial charge in [0, 0.05) is 10.9 Å². The van der Waals surface area contributed by atoms with Crippen molar-refractivity contribution < 1.29 is 9.47 Å². The van der Waals surface area contributed by atoms with Crippen LogP contribution in [0.5, 0.6) is 11.5 Å². The Morgan fingerprint density at radius 1 is 1.30 bits per heavy atom. The predicted molar refractivity (Wildman–Crippen MR) is 84.4 cm³/mol. The molecule has 5 heteroatoms. The molecule has 1 aromatic heterocycles. The minimum absolute atomic E-state index is 0.468. The third-order valence-corrected chi connectivity index (χ3v) is 4.51. The van der Waals surface area contributed by atoms with Crippen molar-refractivity contribution in [3.63, 3.8) is 0 Å². The number of hydrogen-bond acceptors (Lipinski definition) is 4. The summed E-state index contributed by atoms with van der Waals surface area (Å²) in [6.45, 7) is 4.34. The number of methoxy groups -OCH3 is 2. The summed E-state index contributed by atoms with van der Waals surface area (Å²) in [6.07, 6.45) is 1.08. The number of aromatic nitrogens is 1. The van der Waals surface area contributed by atoms with Crippen LogP contribution in [0, 0.1) is 0 Å². The van der Waals surface area contributed by atoms with Crippen LogP contribution in [-0.2, 0) is 0 Å². The van der Waals surface area contributed by atoms with Crippen LogP contribution in [0.3, 0.4) is 0 Å². The zero-order valence-electron chi connectivity index (χ0n) is 12.1. The predicted octanol–water partition coefficient (Wildman–Crippen LogP) is 4.99. The van der Waals surface area contributed by atoms with E-state index in [1.807, 2.05) is 12.1 Å². The molecular formula is C15H18ClNO2S. The van der Waals surface area contributed by atoms with Crippen molar-refractivity contribution in [3.8, 4) is 22.1 Å². The number of benzene rings is 1. The van der Waals surface area contributed by atoms with E-state index in [0.717, 1.165) is 22.7 Å². The highest BCUT2D eigenvalue weighted by molar-refractivity contribution is 7.13. The van der Waals surface area contributed by atoms with Crippen LogP contribution in [-0.4, -0.2) is 19.2 Å². The van der Waals surface area contributed by atoms with E-state index in [4.69, 9.17) is 21.1 Å². The molecule has 0 aliphatic carbocycles. The number of hydrogen-bond donors (Lipinski definition) is 0. The Hall–Kier alpha value is -1.26. The van der Waals surface area contributed by atoms with Crippen LogP contribution < -0.4 is 9.47 Å². The van der Waals surface area contributed by atoms with Crippen LogP contribution in [0.25, 0.3) is 10.6 Å². The highest BCUT2D eigenvalue weighted by Crippen LogP contribution is 2.40. The molecule has 0 saturated heterocycles. The second-order valence-electron chi connectivity index (χ2n) is 4.58. The van der Waals surface area contributed by atoms with Gasteiger partial charge in [0.25, 0.3) is 0 Å². The van der Waals surface area contributed by atoms with Gasteiger partial charge in [-0.15, -0.1) is 11.3 Å². The molecule has 1 heterocycles. The topological polar surface area (TPSA) is 31.4 Å². The largest absolute Gasteiger partial charge is 0.493 e. The summed E-state index contributed by atoms with van der Waals surface area (Å²) in [5.41, 5.74) is 2.07. The molecule has 1 unspecified atom stereocenters. The zero-order valence-corrected chi connectivity index (χ0v) is 13.6. The fourth-order valence-electron chi connectivity index (χ4n) is 1.90. The first-order valence-corrected chi connectivity index (χ1v) is 7.73. The van der Waals surface area contributed by atoms with Crippen molar-refractivity contribution in [2.75, 3.05) is 14.2 Å². The molecular weight excluding hydrogens is 294 g/mol. The molecule has 1 atom stereocenters. The standard InChI is InChI=1S/C15H18ClNO2S/c1-5-9(2)12-8-20-15(17-12)10-6-11(16)14(19-4)13(7-10)18-3/h6-9H,5H2,1-4H3. The Bertz CT molecular complexity index is 598. The zero-order chi connectivity index (χ0) is 14.7. The van der Waals surface area contributed by atoms with Gasteiger partial charge in [0.15, 0.2) is 11.5 Å². The first kappa shape index (κ1) is 15.1. The van der Waals surface area contributed by atoms with Crippen molar-refractivity contribution >= 4 is 22.9 Å². The van der Waals surface area contributed by atoms with Gasteiger partial charge < -0.3 is 9.47 Å². The molecule has 2 rings (SSSR count). The van der Waals surface area contributed by atoms with Gasteiger partial charge in [0.05, 0.1) is 24.9 Å². The van der Waals surface area contributed by atoms with Gasteiger partial charge >= 0.3 is 0 Å². The van der Waals surface area contributed by atoms with Crippen molar-refractivity contribution in [1.29, 1.82) is 0 Å². The van der Waals surface area contributed by atoms with Crippen molar-refractivity contribution in [2.24, 2.45) is 0 Å². The van der Waals surface area contributed by atoms with Crippen LogP contribution in [0.4, 0.5) is 0 Å². The molecule has 0 spiro atoms. The third-order valence-electron chi connectivity index (χ3n) is 3.32. The maximum Gasteiger partial charge on any atom is 0.179 e. The molecule has 2 aromatic rings. The van der Waals surface area contributed by atoms with Crippen molar-refractivity contribution in [3.05, 3.63) is 28.2 Å². The summed E-state index contributed by atoms with van der Waals surface area (Å²) in [5, 5.41) is 3.58. The SMILES string of the molecule is CCC(C)c1csc(-c2cc(Cl)c(OC)c(OC)c2)n1. The van der Waals surface area contributed by atoms with Gasteiger partial charge in [-0.2, -0.15) is 0 Å². The Morgan fingerprint density at radius 3 is 2.65 bits per heavy atom. The van der Waals surface area contributed by atoms with E-state index in [9.17, 15) is 0 Å². The van der Waals surface area contributed by atoms with E-state index < -0.39 is 0 Å². The smallest absolute Gasteiger partial charge is 0.179 e. The van der Waals surface area contributed by atoms with Gasteiger partial charge in [-0.1, -0.05) is 25.4 Å². The lowest BCUT2D eigenvalue weighted by molar-refractivity contribution is 0.355. The van der Waals surface area contributed by atoms with Crippen LogP contribution in [0.2, 0.25) is 5.02 Å². The molecule has 0 saturated carbocycles. The number of thiazole rings is 1. The number of halogens is 1. The fourth-order valence-corrected chi connectivity index (χ4v) is 3.11. The molecule has 0 bridgehead atoms. The average molecular weight is 312 g/mol. The molecule has 0 fully saturated rings. The van der Waals surface area contributed by atoms with Crippen LogP contribution in [0.15, 0.2) is 17.5 Å². The Morgan fingerprint density at radius 2 is 2.05 bits per heavy atom. The first-order chi connectivity index (χ1) is 9.60. The summed E-state index contributed by atoms with van der Waals surface area (Å²) in [6, 6.07) is 3.77. The summed E-state index contributed by atoms with van der Waals surface area (Å²) < 4.78 is 10.6. The summed E-state index contributed by atoms with van der Waals surface area (Å²) in [5.74, 6) is 1.64. The van der Waals surface area contributed by atoms with E-state index >= 15 is 0 Å². The van der Waals surface area contributed by atoms with Crippen molar-refractivity contribution in [1.82, 2.24) is 4.98 Å². The van der Waals surface area contributed by atoms with Gasteiger partial charge in [-0.3, -0.25) is 0 Å². The molecule has 108 valence electrons. The first-order valence-electron chi connectivity index (χ1n) is 6.48. The molecule has 0 aliphatic rings. The second kappa shape index (κ2) is 6.46. The van der Waals surface area contributed by atoms with Gasteiger partial charge in [-0.05, 0) is 24.5 Å². The molecule has 0 radical (unpaired) electrons. The van der Waals surface area contributed by atoms with Crippen molar-refractivity contribution in [2.45, 2.75) is 26.2 Å². The van der Waals surface area contributed by atoms with Crippen LogP contribution in [0.1, 0.15) is 31.9 Å². The minimum atomic E-state index is 0.468. The summed E-state index contributed by atoms with van der Waals surface area (Å²) in [7, 11) is 3.18. The Balaban J connectivity index is 2.42. The lowest BCUT2D eigenvalue weighted by Gasteiger charge is -2.10. The quantitative estimate of drug-likeness (QED) is 0.779. The molecule has 0 aliphatic heterocycles. The number of ether oxygens (including phenoxy) is 2.